The fourth-order valence-corrected chi connectivity index (χ4v) is 0.534. The van der Waals surface area contributed by atoms with Crippen molar-refractivity contribution < 1.29 is 10.3 Å². The topological polar surface area (TPSA) is 61.2 Å². The molecule has 1 aromatic rings. The molecule has 0 spiro atoms. The lowest BCUT2D eigenvalue weighted by Crippen LogP contribution is -1.92. The van der Waals surface area contributed by atoms with E-state index in [2.05, 4.69) is 5.10 Å². The molecular weight excluding hydrogens is 132 g/mol. The fraction of sp³-hybridized carbons (Fsp3) is 0. The number of rotatable bonds is 0. The first-order valence-electron chi connectivity index (χ1n) is 2.78. The molecule has 0 saturated carbocycles. The molecule has 54 valence electrons. The fourth-order valence-electron chi connectivity index (χ4n) is 0.534. The van der Waals surface area contributed by atoms with Crippen LogP contribution in [0.5, 0.6) is 5.88 Å². The van der Waals surface area contributed by atoms with Crippen molar-refractivity contribution in [3.8, 4) is 5.88 Å². The lowest BCUT2D eigenvalue weighted by atomic mass is 10.5. The van der Waals surface area contributed by atoms with Crippen LogP contribution in [0.4, 0.5) is 0 Å². The third-order valence-electron chi connectivity index (χ3n) is 0.933. The highest BCUT2D eigenvalue weighted by Gasteiger charge is 1.78. The molecule has 10 heavy (non-hydrogen) atoms. The van der Waals surface area contributed by atoms with Gasteiger partial charge in [0.1, 0.15) is 0 Å². The summed E-state index contributed by atoms with van der Waals surface area (Å²) in [7, 11) is 0. The highest BCUT2D eigenvalue weighted by Crippen LogP contribution is 1.95. The van der Waals surface area contributed by atoms with Crippen LogP contribution in [0.2, 0.25) is 0 Å². The maximum Gasteiger partial charge on any atom is 0.205 e. The van der Waals surface area contributed by atoms with Gasteiger partial charge in [0.2, 0.25) is 5.88 Å². The lowest BCUT2D eigenvalue weighted by Gasteiger charge is -1.93. The second-order valence-corrected chi connectivity index (χ2v) is 1.73. The molecule has 4 heteroatoms. The van der Waals surface area contributed by atoms with E-state index in [0.29, 0.717) is 4.85 Å². The summed E-state index contributed by atoms with van der Waals surface area (Å²) in [6.45, 7) is 0. The zero-order valence-electron chi connectivity index (χ0n) is 5.23. The molecular formula is C6H8N2O2. The van der Waals surface area contributed by atoms with E-state index in [-0.39, 0.29) is 5.88 Å². The second kappa shape index (κ2) is 2.82. The standard InChI is InChI=1S/C6H8N2O2/c9-6-4-2-1-3-5-8(10)7-6/h1-5,7,9-10H. The molecule has 0 aromatic carbocycles. The number of nitrogens with zero attached hydrogens (tertiary/aromatic N) is 1. The van der Waals surface area contributed by atoms with Crippen molar-refractivity contribution in [3.05, 3.63) is 30.5 Å². The molecule has 0 bridgehead atoms. The smallest absolute Gasteiger partial charge is 0.205 e. The first-order valence-corrected chi connectivity index (χ1v) is 2.78. The highest BCUT2D eigenvalue weighted by atomic mass is 16.5. The van der Waals surface area contributed by atoms with Crippen LogP contribution in [0, 0.1) is 0 Å². The Kier molecular flexibility index (Phi) is 1.84. The van der Waals surface area contributed by atoms with Gasteiger partial charge in [0, 0.05) is 0 Å². The van der Waals surface area contributed by atoms with E-state index in [1.54, 1.807) is 18.2 Å². The Bertz CT molecular complexity index is 228. The molecule has 3 N–H and O–H groups in total. The minimum absolute atomic E-state index is 0.108. The van der Waals surface area contributed by atoms with E-state index < -0.39 is 0 Å². The van der Waals surface area contributed by atoms with Gasteiger partial charge >= 0.3 is 0 Å². The lowest BCUT2D eigenvalue weighted by molar-refractivity contribution is 0.138. The predicted molar refractivity (Wildman–Crippen MR) is 35.3 cm³/mol. The van der Waals surface area contributed by atoms with Crippen molar-refractivity contribution in [1.29, 1.82) is 0 Å². The summed E-state index contributed by atoms with van der Waals surface area (Å²) in [4.78, 5) is 0.662. The van der Waals surface area contributed by atoms with Gasteiger partial charge in [-0.25, -0.2) is 5.10 Å². The summed E-state index contributed by atoms with van der Waals surface area (Å²) < 4.78 is 0. The average Bonchev–Trinajstić information content (AvgIpc) is 1.83. The average molecular weight is 140 g/mol. The Balaban J connectivity index is 3.19. The van der Waals surface area contributed by atoms with Crippen LogP contribution in [0.15, 0.2) is 30.5 Å². The summed E-state index contributed by atoms with van der Waals surface area (Å²) in [5, 5.41) is 19.9. The van der Waals surface area contributed by atoms with Gasteiger partial charge in [-0.3, -0.25) is 0 Å². The van der Waals surface area contributed by atoms with Gasteiger partial charge in [-0.05, 0) is 12.1 Å². The van der Waals surface area contributed by atoms with E-state index in [4.69, 9.17) is 10.3 Å². The van der Waals surface area contributed by atoms with Crippen molar-refractivity contribution in [3.63, 3.8) is 0 Å². The molecule has 0 amide bonds. The van der Waals surface area contributed by atoms with Gasteiger partial charge in [-0.1, -0.05) is 12.1 Å². The van der Waals surface area contributed by atoms with Crippen molar-refractivity contribution >= 4 is 0 Å². The van der Waals surface area contributed by atoms with Crippen LogP contribution in [0.25, 0.3) is 0 Å². The van der Waals surface area contributed by atoms with Crippen LogP contribution in [0.1, 0.15) is 0 Å². The van der Waals surface area contributed by atoms with Gasteiger partial charge in [0.15, 0.2) is 0 Å². The third kappa shape index (κ3) is 1.74. The first kappa shape index (κ1) is 6.54. The number of nitrogens with one attached hydrogen (secondary N) is 1. The molecule has 0 fully saturated rings. The van der Waals surface area contributed by atoms with Crippen molar-refractivity contribution in [2.24, 2.45) is 0 Å². The maximum atomic E-state index is 8.85. The van der Waals surface area contributed by atoms with Gasteiger partial charge in [-0.2, -0.15) is 0 Å². The second-order valence-electron chi connectivity index (χ2n) is 1.73. The maximum absolute atomic E-state index is 8.85. The molecule has 0 atom stereocenters. The third-order valence-corrected chi connectivity index (χ3v) is 0.933. The van der Waals surface area contributed by atoms with Gasteiger partial charge < -0.3 is 10.3 Å². The summed E-state index contributed by atoms with van der Waals surface area (Å²) in [5.41, 5.74) is 0. The minimum atomic E-state index is -0.108. The Labute approximate surface area is 57.6 Å². The summed E-state index contributed by atoms with van der Waals surface area (Å²) in [5.74, 6) is -0.108. The number of aromatic amines is 1. The monoisotopic (exact) mass is 140 g/mol. The van der Waals surface area contributed by atoms with E-state index in [1.165, 1.54) is 12.3 Å². The number of aromatic nitrogens is 2. The Morgan fingerprint density at radius 3 is 2.90 bits per heavy atom. The van der Waals surface area contributed by atoms with Gasteiger partial charge in [0.05, 0.1) is 6.20 Å². The molecule has 0 saturated heterocycles. The molecule has 0 radical (unpaired) electrons. The Morgan fingerprint density at radius 1 is 1.30 bits per heavy atom. The molecule has 0 aliphatic carbocycles. The van der Waals surface area contributed by atoms with Crippen LogP contribution in [-0.2, 0) is 0 Å². The first-order chi connectivity index (χ1) is 4.79. The van der Waals surface area contributed by atoms with Gasteiger partial charge in [0.25, 0.3) is 0 Å². The van der Waals surface area contributed by atoms with E-state index >= 15 is 0 Å². The predicted octanol–water partition coefficient (Wildman–Crippen LogP) is 0.883. The molecule has 4 nitrogen and oxygen atoms in total. The van der Waals surface area contributed by atoms with Crippen molar-refractivity contribution in [2.45, 2.75) is 0 Å². The SMILES string of the molecule is Oc1cccccn(O)[nH]1. The van der Waals surface area contributed by atoms with E-state index in [0.717, 1.165) is 0 Å². The Morgan fingerprint density at radius 2 is 2.10 bits per heavy atom. The van der Waals surface area contributed by atoms with Crippen LogP contribution in [0.3, 0.4) is 0 Å². The molecule has 0 aliphatic rings. The molecule has 1 heterocycles. The van der Waals surface area contributed by atoms with Gasteiger partial charge in [-0.15, -0.1) is 4.85 Å². The minimum Gasteiger partial charge on any atom is -0.494 e. The number of aromatic hydroxyl groups is 1. The summed E-state index contributed by atoms with van der Waals surface area (Å²) in [6, 6.07) is 6.37. The largest absolute Gasteiger partial charge is 0.494 e. The van der Waals surface area contributed by atoms with Crippen LogP contribution < -0.4 is 0 Å². The van der Waals surface area contributed by atoms with Crippen molar-refractivity contribution in [1.82, 2.24) is 9.94 Å². The molecule has 0 unspecified atom stereocenters. The molecule has 0 aliphatic heterocycles. The van der Waals surface area contributed by atoms with Crippen molar-refractivity contribution in [2.75, 3.05) is 0 Å². The zero-order valence-corrected chi connectivity index (χ0v) is 5.23. The molecule has 1 rings (SSSR count). The highest BCUT2D eigenvalue weighted by molar-refractivity contribution is 5.03. The normalized spacial score (nSPS) is 8.80. The Hall–Kier alpha value is -1.58. The molecule has 1 aromatic heterocycles. The van der Waals surface area contributed by atoms with Crippen LogP contribution >= 0.6 is 0 Å². The van der Waals surface area contributed by atoms with E-state index in [9.17, 15) is 0 Å². The number of hydrogen-bond donors (Lipinski definition) is 3. The summed E-state index contributed by atoms with van der Waals surface area (Å²) in [6.07, 6.45) is 1.36. The zero-order chi connectivity index (χ0) is 7.40. The number of H-pyrrole nitrogens is 1. The summed E-state index contributed by atoms with van der Waals surface area (Å²) >= 11 is 0. The number of hydrogen-bond acceptors (Lipinski definition) is 2. The van der Waals surface area contributed by atoms with E-state index in [1.807, 2.05) is 0 Å². The quantitative estimate of drug-likeness (QED) is 0.468. The van der Waals surface area contributed by atoms with Crippen LogP contribution in [-0.4, -0.2) is 20.3 Å².